The Balaban J connectivity index is 3.72. The number of hydrogen-bond donors (Lipinski definition) is 0. The van der Waals surface area contributed by atoms with E-state index in [9.17, 15) is 4.79 Å². The van der Waals surface area contributed by atoms with Gasteiger partial charge in [0.05, 0.1) is 0 Å². The molecule has 0 amide bonds. The van der Waals surface area contributed by atoms with Crippen molar-refractivity contribution in [2.45, 2.75) is 52.1 Å². The van der Waals surface area contributed by atoms with Gasteiger partial charge in [0.2, 0.25) is 0 Å². The first-order valence-corrected chi connectivity index (χ1v) is 5.70. The van der Waals surface area contributed by atoms with Gasteiger partial charge in [-0.05, 0) is 19.8 Å². The number of carbonyl (C=O) groups excluding carboxylic acids is 1. The maximum atomic E-state index is 11.1. The second-order valence-corrected chi connectivity index (χ2v) is 3.56. The van der Waals surface area contributed by atoms with Gasteiger partial charge < -0.3 is 4.74 Å². The summed E-state index contributed by atoms with van der Waals surface area (Å²) in [7, 11) is 0. The first kappa shape index (κ1) is 13.9. The van der Waals surface area contributed by atoms with Crippen LogP contribution in [0.2, 0.25) is 0 Å². The monoisotopic (exact) mass is 210 g/mol. The highest BCUT2D eigenvalue weighted by Gasteiger charge is 2.07. The summed E-state index contributed by atoms with van der Waals surface area (Å²) in [6, 6.07) is 0. The average Bonchev–Trinajstić information content (AvgIpc) is 2.23. The fourth-order valence-corrected chi connectivity index (χ4v) is 1.32. The predicted octanol–water partition coefficient (Wildman–Crippen LogP) is 3.63. The molecule has 0 aromatic heterocycles. The number of hydrogen-bond acceptors (Lipinski definition) is 2. The number of ether oxygens (including phenoxy) is 1. The lowest BCUT2D eigenvalue weighted by molar-refractivity contribution is -0.141. The van der Waals surface area contributed by atoms with E-state index < -0.39 is 0 Å². The Labute approximate surface area is 93.0 Å². The van der Waals surface area contributed by atoms with Crippen LogP contribution in [0.15, 0.2) is 24.8 Å². The van der Waals surface area contributed by atoms with Crippen LogP contribution in [0.1, 0.15) is 46.0 Å². The summed E-state index contributed by atoms with van der Waals surface area (Å²) in [6.07, 6.45) is 10.3. The lowest BCUT2D eigenvalue weighted by Gasteiger charge is -2.12. The van der Waals surface area contributed by atoms with Crippen LogP contribution in [0, 0.1) is 0 Å². The molecule has 0 bridgehead atoms. The summed E-state index contributed by atoms with van der Waals surface area (Å²) >= 11 is 0. The molecule has 1 unspecified atom stereocenters. The number of allylic oxidation sites excluding steroid dienone is 1. The van der Waals surface area contributed by atoms with E-state index in [1.807, 2.05) is 0 Å². The van der Waals surface area contributed by atoms with Gasteiger partial charge in [0.1, 0.15) is 6.10 Å². The Bertz CT molecular complexity index is 207. The van der Waals surface area contributed by atoms with E-state index in [1.165, 1.54) is 25.3 Å². The van der Waals surface area contributed by atoms with E-state index in [0.717, 1.165) is 12.8 Å². The molecule has 0 aromatic carbocycles. The molecule has 15 heavy (non-hydrogen) atoms. The molecular formula is C13H22O2. The van der Waals surface area contributed by atoms with E-state index in [-0.39, 0.29) is 12.1 Å². The summed E-state index contributed by atoms with van der Waals surface area (Å²) in [5, 5.41) is 0. The first-order chi connectivity index (χ1) is 7.24. The maximum Gasteiger partial charge on any atom is 0.330 e. The van der Waals surface area contributed by atoms with Gasteiger partial charge in [0.25, 0.3) is 0 Å². The molecule has 0 aliphatic rings. The van der Waals surface area contributed by atoms with Crippen molar-refractivity contribution < 1.29 is 9.53 Å². The second kappa shape index (κ2) is 9.50. The first-order valence-electron chi connectivity index (χ1n) is 5.70. The van der Waals surface area contributed by atoms with Crippen molar-refractivity contribution in [2.75, 3.05) is 0 Å². The zero-order chi connectivity index (χ0) is 11.5. The van der Waals surface area contributed by atoms with Gasteiger partial charge in [0, 0.05) is 6.08 Å². The van der Waals surface area contributed by atoms with E-state index in [4.69, 9.17) is 4.74 Å². The van der Waals surface area contributed by atoms with Crippen molar-refractivity contribution in [3.05, 3.63) is 24.8 Å². The van der Waals surface area contributed by atoms with Gasteiger partial charge in [-0.1, -0.05) is 44.9 Å². The van der Waals surface area contributed by atoms with Gasteiger partial charge in [0.15, 0.2) is 0 Å². The Morgan fingerprint density at radius 3 is 2.67 bits per heavy atom. The van der Waals surface area contributed by atoms with Crippen molar-refractivity contribution >= 4 is 5.97 Å². The molecule has 0 radical (unpaired) electrons. The lowest BCUT2D eigenvalue weighted by atomic mass is 10.1. The van der Waals surface area contributed by atoms with Gasteiger partial charge in [-0.2, -0.15) is 0 Å². The van der Waals surface area contributed by atoms with Gasteiger partial charge >= 0.3 is 5.97 Å². The molecule has 0 fully saturated rings. The predicted molar refractivity (Wildman–Crippen MR) is 63.7 cm³/mol. The van der Waals surface area contributed by atoms with E-state index >= 15 is 0 Å². The highest BCUT2D eigenvalue weighted by molar-refractivity contribution is 5.82. The lowest BCUT2D eigenvalue weighted by Crippen LogP contribution is -2.13. The van der Waals surface area contributed by atoms with E-state index in [2.05, 4.69) is 13.5 Å². The standard InChI is InChI=1S/C13H22O2/c1-4-7-8-9-11-12(6-3)15-13(14)10-5-2/h5-6,10,12H,3-4,7-9,11H2,1-2H3/b10-5+. The Kier molecular flexibility index (Phi) is 8.84. The van der Waals surface area contributed by atoms with Crippen molar-refractivity contribution in [2.24, 2.45) is 0 Å². The minimum atomic E-state index is -0.280. The maximum absolute atomic E-state index is 11.1. The fraction of sp³-hybridized carbons (Fsp3) is 0.615. The van der Waals surface area contributed by atoms with Crippen LogP contribution in [-0.4, -0.2) is 12.1 Å². The largest absolute Gasteiger partial charge is 0.455 e. The molecule has 86 valence electrons. The third-order valence-electron chi connectivity index (χ3n) is 2.18. The quantitative estimate of drug-likeness (QED) is 0.265. The normalized spacial score (nSPS) is 12.7. The molecule has 0 aliphatic carbocycles. The molecule has 0 spiro atoms. The van der Waals surface area contributed by atoms with Crippen LogP contribution in [-0.2, 0) is 9.53 Å². The molecule has 0 N–H and O–H groups in total. The summed E-state index contributed by atoms with van der Waals surface area (Å²) in [4.78, 5) is 11.1. The molecule has 0 saturated heterocycles. The molecule has 2 heteroatoms. The van der Waals surface area contributed by atoms with Crippen molar-refractivity contribution in [1.29, 1.82) is 0 Å². The van der Waals surface area contributed by atoms with Crippen LogP contribution in [0.25, 0.3) is 0 Å². The van der Waals surface area contributed by atoms with E-state index in [0.29, 0.717) is 0 Å². The summed E-state index contributed by atoms with van der Waals surface area (Å²) in [5.41, 5.74) is 0. The van der Waals surface area contributed by atoms with Crippen LogP contribution < -0.4 is 0 Å². The van der Waals surface area contributed by atoms with Gasteiger partial charge in [-0.3, -0.25) is 0 Å². The van der Waals surface area contributed by atoms with Gasteiger partial charge in [-0.25, -0.2) is 4.79 Å². The number of esters is 1. The zero-order valence-corrected chi connectivity index (χ0v) is 9.87. The third-order valence-corrected chi connectivity index (χ3v) is 2.18. The molecule has 0 aliphatic heterocycles. The minimum Gasteiger partial charge on any atom is -0.455 e. The van der Waals surface area contributed by atoms with Crippen LogP contribution >= 0.6 is 0 Å². The highest BCUT2D eigenvalue weighted by Crippen LogP contribution is 2.09. The molecule has 0 heterocycles. The van der Waals surface area contributed by atoms with E-state index in [1.54, 1.807) is 19.1 Å². The van der Waals surface area contributed by atoms with Crippen LogP contribution in [0.3, 0.4) is 0 Å². The second-order valence-electron chi connectivity index (χ2n) is 3.56. The topological polar surface area (TPSA) is 26.3 Å². The fourth-order valence-electron chi connectivity index (χ4n) is 1.32. The Morgan fingerprint density at radius 1 is 1.40 bits per heavy atom. The number of unbranched alkanes of at least 4 members (excludes halogenated alkanes) is 3. The molecule has 0 rings (SSSR count). The molecule has 0 aromatic rings. The SMILES string of the molecule is C=CC(CCCCCC)OC(=O)/C=C/C. The highest BCUT2D eigenvalue weighted by atomic mass is 16.5. The summed E-state index contributed by atoms with van der Waals surface area (Å²) < 4.78 is 5.18. The molecule has 0 saturated carbocycles. The molecule has 2 nitrogen and oxygen atoms in total. The number of carbonyl (C=O) groups is 1. The average molecular weight is 210 g/mol. The van der Waals surface area contributed by atoms with Crippen molar-refractivity contribution in [1.82, 2.24) is 0 Å². The Hall–Kier alpha value is -1.05. The summed E-state index contributed by atoms with van der Waals surface area (Å²) in [6.45, 7) is 7.65. The van der Waals surface area contributed by atoms with Crippen LogP contribution in [0.5, 0.6) is 0 Å². The minimum absolute atomic E-state index is 0.134. The zero-order valence-electron chi connectivity index (χ0n) is 9.87. The third kappa shape index (κ3) is 7.98. The molecule has 1 atom stereocenters. The van der Waals surface area contributed by atoms with Crippen LogP contribution in [0.4, 0.5) is 0 Å². The smallest absolute Gasteiger partial charge is 0.330 e. The van der Waals surface area contributed by atoms with Crippen molar-refractivity contribution in [3.63, 3.8) is 0 Å². The van der Waals surface area contributed by atoms with Gasteiger partial charge in [-0.15, -0.1) is 0 Å². The number of rotatable bonds is 8. The van der Waals surface area contributed by atoms with Crippen molar-refractivity contribution in [3.8, 4) is 0 Å². The molecular weight excluding hydrogens is 188 g/mol. The summed E-state index contributed by atoms with van der Waals surface area (Å²) in [5.74, 6) is -0.280. The Morgan fingerprint density at radius 2 is 2.13 bits per heavy atom.